The van der Waals surface area contributed by atoms with E-state index >= 15 is 0 Å². The molecule has 4 atom stereocenters. The molecule has 2 heterocycles. The summed E-state index contributed by atoms with van der Waals surface area (Å²) in [5, 5.41) is 26.5. The van der Waals surface area contributed by atoms with E-state index in [2.05, 4.69) is 35.9 Å². The third-order valence-electron chi connectivity index (χ3n) is 4.47. The van der Waals surface area contributed by atoms with E-state index in [1.807, 2.05) is 0 Å². The number of carboxylic acid groups (broad SMARTS) is 1. The summed E-state index contributed by atoms with van der Waals surface area (Å²) in [4.78, 5) is 61.9. The average Bonchev–Trinajstić information content (AvgIpc) is 3.44. The first-order chi connectivity index (χ1) is 15.2. The summed E-state index contributed by atoms with van der Waals surface area (Å²) < 4.78 is 0. The van der Waals surface area contributed by atoms with Gasteiger partial charge in [0, 0.05) is 36.6 Å². The van der Waals surface area contributed by atoms with Gasteiger partial charge in [-0.2, -0.15) is 0 Å². The van der Waals surface area contributed by atoms with Crippen molar-refractivity contribution in [3.8, 4) is 0 Å². The van der Waals surface area contributed by atoms with Crippen molar-refractivity contribution in [3.05, 3.63) is 36.4 Å². The Balaban J connectivity index is 2.10. The van der Waals surface area contributed by atoms with Gasteiger partial charge in [0.25, 0.3) is 0 Å². The molecule has 2 aromatic heterocycles. The SMILES string of the molecule is CC(O)C(NC(=O)C(Cc1cnc[nH]1)NC(=O)CN)C(=O)NC(Cc1cnc[nH]1)C(=O)O. The summed E-state index contributed by atoms with van der Waals surface area (Å²) in [7, 11) is 0. The molecule has 32 heavy (non-hydrogen) atoms. The first-order valence-corrected chi connectivity index (χ1v) is 9.66. The second-order valence-electron chi connectivity index (χ2n) is 7.01. The van der Waals surface area contributed by atoms with Crippen molar-refractivity contribution in [2.75, 3.05) is 6.54 Å². The highest BCUT2D eigenvalue weighted by Crippen LogP contribution is 2.04. The smallest absolute Gasteiger partial charge is 0.326 e. The number of aliphatic carboxylic acids is 1. The molecule has 3 amide bonds. The fraction of sp³-hybridized carbons (Fsp3) is 0.444. The second-order valence-corrected chi connectivity index (χ2v) is 7.01. The average molecular weight is 450 g/mol. The monoisotopic (exact) mass is 450 g/mol. The largest absolute Gasteiger partial charge is 0.480 e. The minimum absolute atomic E-state index is 0.0172. The van der Waals surface area contributed by atoms with E-state index < -0.39 is 47.9 Å². The molecule has 2 rings (SSSR count). The highest BCUT2D eigenvalue weighted by molar-refractivity contribution is 5.94. The van der Waals surface area contributed by atoms with Gasteiger partial charge >= 0.3 is 5.97 Å². The standard InChI is InChI=1S/C18H26N8O6/c1-9(27)15(17(30)25-13(18(31)32)3-11-6-21-8-23-11)26-16(29)12(24-14(28)4-19)2-10-5-20-7-22-10/h5-9,12-13,15,27H,2-4,19H2,1H3,(H,20,22)(H,21,23)(H,24,28)(H,25,30)(H,26,29)(H,31,32). The van der Waals surface area contributed by atoms with Crippen molar-refractivity contribution in [2.24, 2.45) is 5.73 Å². The number of hydrogen-bond donors (Lipinski definition) is 8. The number of carbonyl (C=O) groups is 4. The number of amides is 3. The number of aromatic amines is 2. The fourth-order valence-electron chi connectivity index (χ4n) is 2.82. The maximum atomic E-state index is 12.8. The van der Waals surface area contributed by atoms with E-state index in [0.717, 1.165) is 0 Å². The van der Waals surface area contributed by atoms with Gasteiger partial charge in [-0.1, -0.05) is 0 Å². The molecule has 0 radical (unpaired) electrons. The number of aliphatic hydroxyl groups excluding tert-OH is 1. The molecule has 0 aliphatic carbocycles. The number of nitrogens with zero attached hydrogens (tertiary/aromatic N) is 2. The predicted molar refractivity (Wildman–Crippen MR) is 109 cm³/mol. The Morgan fingerprint density at radius 2 is 1.53 bits per heavy atom. The van der Waals surface area contributed by atoms with Gasteiger partial charge in [-0.05, 0) is 6.92 Å². The number of hydrogen-bond acceptors (Lipinski definition) is 8. The van der Waals surface area contributed by atoms with E-state index in [4.69, 9.17) is 5.73 Å². The zero-order valence-corrected chi connectivity index (χ0v) is 17.2. The zero-order chi connectivity index (χ0) is 23.7. The molecule has 4 unspecified atom stereocenters. The molecule has 0 saturated heterocycles. The van der Waals surface area contributed by atoms with Crippen LogP contribution < -0.4 is 21.7 Å². The minimum atomic E-state index is -1.48. The van der Waals surface area contributed by atoms with Crippen molar-refractivity contribution in [2.45, 2.75) is 44.0 Å². The lowest BCUT2D eigenvalue weighted by atomic mass is 10.1. The molecule has 14 nitrogen and oxygen atoms in total. The van der Waals surface area contributed by atoms with Crippen molar-refractivity contribution < 1.29 is 29.4 Å². The maximum Gasteiger partial charge on any atom is 0.326 e. The van der Waals surface area contributed by atoms with Crippen LogP contribution in [0.5, 0.6) is 0 Å². The first kappa shape index (κ1) is 24.5. The molecule has 14 heteroatoms. The van der Waals surface area contributed by atoms with Gasteiger partial charge in [0.15, 0.2) is 0 Å². The second kappa shape index (κ2) is 11.6. The number of rotatable bonds is 12. The highest BCUT2D eigenvalue weighted by atomic mass is 16.4. The van der Waals surface area contributed by atoms with Crippen LogP contribution in [0.25, 0.3) is 0 Å². The van der Waals surface area contributed by atoms with Crippen molar-refractivity contribution in [1.29, 1.82) is 0 Å². The molecule has 2 aromatic rings. The lowest BCUT2D eigenvalue weighted by Crippen LogP contribution is -2.59. The molecular weight excluding hydrogens is 424 g/mol. The Morgan fingerprint density at radius 3 is 1.97 bits per heavy atom. The number of H-pyrrole nitrogens is 2. The number of carboxylic acids is 1. The van der Waals surface area contributed by atoms with Crippen LogP contribution in [0.3, 0.4) is 0 Å². The normalized spacial score (nSPS) is 14.6. The third-order valence-corrected chi connectivity index (χ3v) is 4.47. The summed E-state index contributed by atoms with van der Waals surface area (Å²) >= 11 is 0. The number of nitrogens with two attached hydrogens (primary N) is 1. The molecule has 174 valence electrons. The molecule has 0 bridgehead atoms. The van der Waals surface area contributed by atoms with Crippen LogP contribution in [0.4, 0.5) is 0 Å². The van der Waals surface area contributed by atoms with E-state index in [1.165, 1.54) is 32.0 Å². The lowest BCUT2D eigenvalue weighted by Gasteiger charge is -2.25. The Morgan fingerprint density at radius 1 is 0.969 bits per heavy atom. The molecule has 0 spiro atoms. The summed E-state index contributed by atoms with van der Waals surface area (Å²) in [6, 6.07) is -3.94. The van der Waals surface area contributed by atoms with Gasteiger partial charge in [-0.3, -0.25) is 14.4 Å². The minimum Gasteiger partial charge on any atom is -0.480 e. The Kier molecular flexibility index (Phi) is 8.85. The van der Waals surface area contributed by atoms with E-state index in [-0.39, 0.29) is 19.4 Å². The highest BCUT2D eigenvalue weighted by Gasteiger charge is 2.32. The number of carbonyl (C=O) groups excluding carboxylic acids is 3. The van der Waals surface area contributed by atoms with Crippen LogP contribution in [-0.2, 0) is 32.0 Å². The summed E-state index contributed by atoms with van der Waals surface area (Å²) in [5.41, 5.74) is 6.30. The zero-order valence-electron chi connectivity index (χ0n) is 17.2. The van der Waals surface area contributed by atoms with Crippen LogP contribution in [0, 0.1) is 0 Å². The van der Waals surface area contributed by atoms with E-state index in [9.17, 15) is 29.4 Å². The quantitative estimate of drug-likeness (QED) is 0.162. The summed E-state index contributed by atoms with van der Waals surface area (Å²) in [6.45, 7) is 0.901. The van der Waals surface area contributed by atoms with Crippen LogP contribution >= 0.6 is 0 Å². The van der Waals surface area contributed by atoms with Gasteiger partial charge in [0.1, 0.15) is 18.1 Å². The topological polar surface area (TPSA) is 228 Å². The van der Waals surface area contributed by atoms with E-state index in [1.54, 1.807) is 0 Å². The van der Waals surface area contributed by atoms with Crippen molar-refractivity contribution in [1.82, 2.24) is 35.9 Å². The van der Waals surface area contributed by atoms with E-state index in [0.29, 0.717) is 11.4 Å². The molecule has 0 aliphatic rings. The summed E-state index contributed by atoms with van der Waals surface area (Å²) in [5.74, 6) is -3.60. The Bertz CT molecular complexity index is 899. The predicted octanol–water partition coefficient (Wildman–Crippen LogP) is -3.20. The molecule has 0 aromatic carbocycles. The molecular formula is C18H26N8O6. The Labute approximate surface area is 182 Å². The number of nitrogens with one attached hydrogen (secondary N) is 5. The molecule has 0 fully saturated rings. The molecule has 9 N–H and O–H groups in total. The lowest BCUT2D eigenvalue weighted by molar-refractivity contribution is -0.143. The van der Waals surface area contributed by atoms with Crippen LogP contribution in [0.15, 0.2) is 25.0 Å². The Hall–Kier alpha value is -3.78. The number of aliphatic hydroxyl groups is 1. The first-order valence-electron chi connectivity index (χ1n) is 9.66. The van der Waals surface area contributed by atoms with Crippen LogP contribution in [0.1, 0.15) is 18.3 Å². The third kappa shape index (κ3) is 7.17. The molecule has 0 aliphatic heterocycles. The van der Waals surface area contributed by atoms with Gasteiger partial charge < -0.3 is 41.9 Å². The van der Waals surface area contributed by atoms with Crippen LogP contribution in [0.2, 0.25) is 0 Å². The number of aromatic nitrogens is 4. The van der Waals surface area contributed by atoms with Crippen molar-refractivity contribution >= 4 is 23.7 Å². The fourth-order valence-corrected chi connectivity index (χ4v) is 2.82. The van der Waals surface area contributed by atoms with Crippen LogP contribution in [-0.4, -0.2) is 84.6 Å². The van der Waals surface area contributed by atoms with Gasteiger partial charge in [-0.15, -0.1) is 0 Å². The molecule has 0 saturated carbocycles. The number of imidazole rings is 2. The van der Waals surface area contributed by atoms with Gasteiger partial charge in [-0.25, -0.2) is 14.8 Å². The van der Waals surface area contributed by atoms with Gasteiger partial charge in [0.05, 0.1) is 25.3 Å². The van der Waals surface area contributed by atoms with Gasteiger partial charge in [0.2, 0.25) is 17.7 Å². The van der Waals surface area contributed by atoms with Crippen molar-refractivity contribution in [3.63, 3.8) is 0 Å². The summed E-state index contributed by atoms with van der Waals surface area (Å²) in [6.07, 6.45) is 4.20. The maximum absolute atomic E-state index is 12.8.